The molecule has 0 saturated carbocycles. The van der Waals surface area contributed by atoms with Crippen LogP contribution in [0.2, 0.25) is 0 Å². The molecule has 5 heterocycles. The highest BCUT2D eigenvalue weighted by Gasteiger charge is 2.50. The van der Waals surface area contributed by atoms with Crippen LogP contribution < -0.4 is 15.0 Å². The van der Waals surface area contributed by atoms with Gasteiger partial charge in [-0.2, -0.15) is 5.10 Å². The first kappa shape index (κ1) is 22.7. The van der Waals surface area contributed by atoms with Gasteiger partial charge in [-0.1, -0.05) is 11.8 Å². The van der Waals surface area contributed by atoms with Crippen molar-refractivity contribution in [3.05, 3.63) is 35.3 Å². The molecule has 2 N–H and O–H groups in total. The first-order chi connectivity index (χ1) is 16.3. The average molecular weight is 468 g/mol. The largest absolute Gasteiger partial charge is 0.480 e. The topological polar surface area (TPSA) is 111 Å². The fraction of sp³-hybridized carbons (Fsp3) is 0.542. The van der Waals surface area contributed by atoms with Crippen LogP contribution in [0.1, 0.15) is 30.2 Å². The van der Waals surface area contributed by atoms with Gasteiger partial charge in [0.25, 0.3) is 0 Å². The van der Waals surface area contributed by atoms with Crippen molar-refractivity contribution in [2.45, 2.75) is 44.1 Å². The summed E-state index contributed by atoms with van der Waals surface area (Å²) in [6, 6.07) is 1.43. The van der Waals surface area contributed by atoms with Crippen LogP contribution in [0.5, 0.6) is 5.88 Å². The molecule has 0 aromatic carbocycles. The van der Waals surface area contributed by atoms with Gasteiger partial charge in [-0.15, -0.1) is 0 Å². The molecule has 10 nitrogen and oxygen atoms in total. The van der Waals surface area contributed by atoms with Gasteiger partial charge >= 0.3 is 5.97 Å². The number of ether oxygens (including phenoxy) is 3. The van der Waals surface area contributed by atoms with Crippen LogP contribution in [-0.4, -0.2) is 82.5 Å². The predicted molar refractivity (Wildman–Crippen MR) is 123 cm³/mol. The zero-order valence-corrected chi connectivity index (χ0v) is 19.6. The molecular formula is C24H29N5O5. The number of carboxylic acid groups (broad SMARTS) is 1. The number of nitrogens with zero attached hydrogens (tertiary/aromatic N) is 4. The first-order valence-corrected chi connectivity index (χ1v) is 11.5. The molecule has 5 rings (SSSR count). The van der Waals surface area contributed by atoms with E-state index < -0.39 is 12.0 Å². The maximum atomic E-state index is 11.3. The summed E-state index contributed by atoms with van der Waals surface area (Å²) in [5.41, 5.74) is 2.99. The lowest BCUT2D eigenvalue weighted by molar-refractivity contribution is -0.228. The number of aryl methyl sites for hydroxylation is 2. The van der Waals surface area contributed by atoms with E-state index >= 15 is 0 Å². The summed E-state index contributed by atoms with van der Waals surface area (Å²) in [5.74, 6) is 6.00. The average Bonchev–Trinajstić information content (AvgIpc) is 3.38. The lowest BCUT2D eigenvalue weighted by Gasteiger charge is -2.53. The minimum absolute atomic E-state index is 0.0522. The Morgan fingerprint density at radius 3 is 2.85 bits per heavy atom. The second kappa shape index (κ2) is 8.91. The monoisotopic (exact) mass is 467 g/mol. The van der Waals surface area contributed by atoms with E-state index in [4.69, 9.17) is 14.2 Å². The Labute approximate surface area is 198 Å². The fourth-order valence-electron chi connectivity index (χ4n) is 4.71. The molecule has 3 aliphatic rings. The molecule has 3 aliphatic heterocycles. The van der Waals surface area contributed by atoms with Crippen molar-refractivity contribution >= 4 is 11.7 Å². The number of pyridine rings is 1. The summed E-state index contributed by atoms with van der Waals surface area (Å²) < 4.78 is 19.5. The van der Waals surface area contributed by atoms with Crippen molar-refractivity contribution in [3.63, 3.8) is 0 Å². The second-order valence-corrected chi connectivity index (χ2v) is 9.15. The highest BCUT2D eigenvalue weighted by molar-refractivity contribution is 5.74. The molecule has 10 heteroatoms. The van der Waals surface area contributed by atoms with Crippen molar-refractivity contribution in [1.82, 2.24) is 20.1 Å². The van der Waals surface area contributed by atoms with Gasteiger partial charge in [-0.25, -0.2) is 4.98 Å². The molecule has 0 radical (unpaired) electrons. The standard InChI is InChI=1S/C24H29N5O5/c1-15-18(12-28(3)27-15)5-4-17-8-21(29-6-7-33-24(16(29)2)13-32-14-24)22(26-10-17)34-19-9-20(23(30)31)25-11-19/h8,10,12,16,19-20,25H,6-7,9,11,13-14H2,1-3H3,(H,30,31)/t16-,19-,20-/m0/s1. The van der Waals surface area contributed by atoms with Crippen LogP contribution in [-0.2, 0) is 21.3 Å². The molecular weight excluding hydrogens is 438 g/mol. The molecule has 0 bridgehead atoms. The van der Waals surface area contributed by atoms with Gasteiger partial charge in [-0.05, 0) is 19.9 Å². The van der Waals surface area contributed by atoms with E-state index in [2.05, 4.69) is 39.1 Å². The Morgan fingerprint density at radius 2 is 2.21 bits per heavy atom. The molecule has 3 fully saturated rings. The third kappa shape index (κ3) is 4.22. The number of anilines is 1. The third-order valence-electron chi connectivity index (χ3n) is 6.81. The molecule has 3 atom stereocenters. The highest BCUT2D eigenvalue weighted by atomic mass is 16.6. The van der Waals surface area contributed by atoms with Crippen molar-refractivity contribution in [2.75, 3.05) is 37.8 Å². The number of hydrogen-bond donors (Lipinski definition) is 2. The Hall–Kier alpha value is -3.13. The van der Waals surface area contributed by atoms with Crippen LogP contribution in [0, 0.1) is 18.8 Å². The molecule has 2 aromatic heterocycles. The van der Waals surface area contributed by atoms with E-state index in [9.17, 15) is 9.90 Å². The number of carboxylic acids is 1. The summed E-state index contributed by atoms with van der Waals surface area (Å²) in [6.07, 6.45) is 3.70. The highest BCUT2D eigenvalue weighted by Crippen LogP contribution is 2.38. The Balaban J connectivity index is 1.46. The van der Waals surface area contributed by atoms with Crippen molar-refractivity contribution < 1.29 is 24.1 Å². The number of carbonyl (C=O) groups is 1. The minimum atomic E-state index is -0.871. The Kier molecular flexibility index (Phi) is 5.93. The second-order valence-electron chi connectivity index (χ2n) is 9.15. The van der Waals surface area contributed by atoms with Gasteiger partial charge < -0.3 is 29.5 Å². The number of hydrogen-bond acceptors (Lipinski definition) is 8. The van der Waals surface area contributed by atoms with E-state index in [1.165, 1.54) is 0 Å². The SMILES string of the molecule is Cc1nn(C)cc1C#Cc1cnc(O[C@@H]2CN[C@H](C(=O)O)C2)c(N2CCOC3(COC3)[C@@H]2C)c1. The quantitative estimate of drug-likeness (QED) is 0.628. The number of nitrogens with one attached hydrogen (secondary N) is 1. The van der Waals surface area contributed by atoms with E-state index in [0.717, 1.165) is 22.5 Å². The number of rotatable bonds is 4. The third-order valence-corrected chi connectivity index (χ3v) is 6.81. The van der Waals surface area contributed by atoms with Gasteiger partial charge in [0.05, 0.1) is 37.1 Å². The normalized spacial score (nSPS) is 25.5. The van der Waals surface area contributed by atoms with Crippen molar-refractivity contribution in [3.8, 4) is 17.7 Å². The fourth-order valence-corrected chi connectivity index (χ4v) is 4.71. The van der Waals surface area contributed by atoms with Crippen LogP contribution in [0.4, 0.5) is 5.69 Å². The maximum Gasteiger partial charge on any atom is 0.320 e. The van der Waals surface area contributed by atoms with E-state index in [1.807, 2.05) is 26.2 Å². The van der Waals surface area contributed by atoms with Gasteiger partial charge in [0.1, 0.15) is 23.4 Å². The van der Waals surface area contributed by atoms with E-state index in [-0.39, 0.29) is 17.7 Å². The molecule has 0 unspecified atom stereocenters. The molecule has 2 aromatic rings. The molecule has 1 spiro atoms. The van der Waals surface area contributed by atoms with Crippen LogP contribution >= 0.6 is 0 Å². The lowest BCUT2D eigenvalue weighted by atomic mass is 9.90. The zero-order chi connectivity index (χ0) is 23.9. The van der Waals surface area contributed by atoms with Crippen LogP contribution in [0.15, 0.2) is 18.5 Å². The maximum absolute atomic E-state index is 11.3. The summed E-state index contributed by atoms with van der Waals surface area (Å²) in [6.45, 7) is 6.88. The summed E-state index contributed by atoms with van der Waals surface area (Å²) in [5, 5.41) is 16.6. The van der Waals surface area contributed by atoms with Gasteiger partial charge in [0.15, 0.2) is 0 Å². The summed E-state index contributed by atoms with van der Waals surface area (Å²) >= 11 is 0. The molecule has 3 saturated heterocycles. The van der Waals surface area contributed by atoms with E-state index in [0.29, 0.717) is 45.2 Å². The summed E-state index contributed by atoms with van der Waals surface area (Å²) in [4.78, 5) is 18.2. The first-order valence-electron chi connectivity index (χ1n) is 11.5. The number of aromatic nitrogens is 3. The summed E-state index contributed by atoms with van der Waals surface area (Å²) in [7, 11) is 1.87. The molecule has 180 valence electrons. The van der Waals surface area contributed by atoms with Gasteiger partial charge in [0, 0.05) is 44.5 Å². The van der Waals surface area contributed by atoms with Gasteiger partial charge in [-0.3, -0.25) is 9.48 Å². The number of morpholine rings is 1. The van der Waals surface area contributed by atoms with Crippen LogP contribution in [0.25, 0.3) is 0 Å². The smallest absolute Gasteiger partial charge is 0.320 e. The molecule has 0 amide bonds. The van der Waals surface area contributed by atoms with Crippen molar-refractivity contribution in [2.24, 2.45) is 7.05 Å². The van der Waals surface area contributed by atoms with E-state index in [1.54, 1.807) is 10.9 Å². The minimum Gasteiger partial charge on any atom is -0.480 e. The Morgan fingerprint density at radius 1 is 1.38 bits per heavy atom. The Bertz CT molecular complexity index is 1150. The van der Waals surface area contributed by atoms with Gasteiger partial charge in [0.2, 0.25) is 5.88 Å². The molecule has 34 heavy (non-hydrogen) atoms. The number of aliphatic carboxylic acids is 1. The van der Waals surface area contributed by atoms with Crippen LogP contribution in [0.3, 0.4) is 0 Å². The lowest BCUT2D eigenvalue weighted by Crippen LogP contribution is -2.68. The van der Waals surface area contributed by atoms with Crippen molar-refractivity contribution in [1.29, 1.82) is 0 Å². The molecule has 0 aliphatic carbocycles. The zero-order valence-electron chi connectivity index (χ0n) is 19.6. The predicted octanol–water partition coefficient (Wildman–Crippen LogP) is 0.711.